The minimum atomic E-state index is -6.03. The number of hydrogen-bond acceptors (Lipinski definition) is 6. The fraction of sp³-hybridized carbons (Fsp3) is 0.269. The van der Waals surface area contributed by atoms with Crippen LogP contribution in [0.25, 0.3) is 0 Å². The van der Waals surface area contributed by atoms with Crippen LogP contribution in [0.2, 0.25) is 0 Å². The molecular formula is C26H21F7N6O4. The van der Waals surface area contributed by atoms with Gasteiger partial charge in [-0.2, -0.15) is 36.5 Å². The summed E-state index contributed by atoms with van der Waals surface area (Å²) in [6.07, 6.45) is -9.46. The predicted molar refractivity (Wildman–Crippen MR) is 135 cm³/mol. The van der Waals surface area contributed by atoms with Crippen LogP contribution in [0, 0.1) is 5.82 Å². The third kappa shape index (κ3) is 6.66. The van der Waals surface area contributed by atoms with E-state index in [9.17, 15) is 50.2 Å². The van der Waals surface area contributed by atoms with Gasteiger partial charge in [-0.15, -0.1) is 0 Å². The van der Waals surface area contributed by atoms with Crippen LogP contribution in [-0.2, 0) is 16.9 Å². The first kappa shape index (κ1) is 31.1. The molecule has 4 rings (SSSR count). The van der Waals surface area contributed by atoms with Gasteiger partial charge < -0.3 is 25.5 Å². The summed E-state index contributed by atoms with van der Waals surface area (Å²) in [7, 11) is 0. The summed E-state index contributed by atoms with van der Waals surface area (Å²) in [5, 5.41) is 21.3. The van der Waals surface area contributed by atoms with Crippen molar-refractivity contribution in [3.05, 3.63) is 83.4 Å². The Labute approximate surface area is 238 Å². The molecule has 3 N–H and O–H groups in total. The quantitative estimate of drug-likeness (QED) is 0.360. The van der Waals surface area contributed by atoms with Crippen LogP contribution < -0.4 is 10.6 Å². The number of alkyl halides is 6. The molecule has 1 aliphatic heterocycles. The van der Waals surface area contributed by atoms with Gasteiger partial charge in [0.1, 0.15) is 12.4 Å². The fourth-order valence-electron chi connectivity index (χ4n) is 4.19. The number of halogens is 7. The molecule has 17 heteroatoms. The third-order valence-electron chi connectivity index (χ3n) is 6.48. The van der Waals surface area contributed by atoms with Crippen LogP contribution in [0.3, 0.4) is 0 Å². The van der Waals surface area contributed by atoms with Crippen molar-refractivity contribution >= 4 is 29.2 Å². The number of carbonyl (C=O) groups is 3. The molecule has 1 aromatic heterocycles. The number of nitrogens with one attached hydrogen (secondary N) is 2. The number of amides is 4. The highest BCUT2D eigenvalue weighted by Crippen LogP contribution is 2.50. The van der Waals surface area contributed by atoms with Crippen molar-refractivity contribution in [1.29, 1.82) is 0 Å². The van der Waals surface area contributed by atoms with E-state index < -0.39 is 53.7 Å². The Morgan fingerprint density at radius 2 is 1.58 bits per heavy atom. The largest absolute Gasteiger partial charge is 0.430 e. The maximum Gasteiger partial charge on any atom is 0.430 e. The number of benzene rings is 2. The second kappa shape index (κ2) is 11.8. The molecule has 4 amide bonds. The lowest BCUT2D eigenvalue weighted by molar-refractivity contribution is -0.376. The fourth-order valence-corrected chi connectivity index (χ4v) is 4.19. The van der Waals surface area contributed by atoms with Crippen molar-refractivity contribution in [2.45, 2.75) is 24.5 Å². The molecule has 10 nitrogen and oxygen atoms in total. The minimum absolute atomic E-state index is 0.00541. The average Bonchev–Trinajstić information content (AvgIpc) is 2.94. The van der Waals surface area contributed by atoms with Gasteiger partial charge >= 0.3 is 18.4 Å². The minimum Gasteiger partial charge on any atom is -0.369 e. The first-order valence-corrected chi connectivity index (χ1v) is 12.3. The molecule has 0 atom stereocenters. The van der Waals surface area contributed by atoms with E-state index in [0.717, 1.165) is 29.2 Å². The van der Waals surface area contributed by atoms with Gasteiger partial charge in [0.25, 0.3) is 11.5 Å². The Morgan fingerprint density at radius 1 is 0.907 bits per heavy atom. The van der Waals surface area contributed by atoms with E-state index in [2.05, 4.69) is 20.8 Å². The van der Waals surface area contributed by atoms with E-state index in [0.29, 0.717) is 17.8 Å². The lowest BCUT2D eigenvalue weighted by Crippen LogP contribution is -2.54. The van der Waals surface area contributed by atoms with E-state index in [4.69, 9.17) is 0 Å². The Hall–Kier alpha value is -4.80. The molecule has 0 spiro atoms. The third-order valence-corrected chi connectivity index (χ3v) is 6.48. The highest BCUT2D eigenvalue weighted by molar-refractivity contribution is 6.01. The number of rotatable bonds is 6. The zero-order chi connectivity index (χ0) is 31.6. The van der Waals surface area contributed by atoms with Crippen molar-refractivity contribution in [2.24, 2.45) is 0 Å². The second-order valence-electron chi connectivity index (χ2n) is 9.35. The summed E-state index contributed by atoms with van der Waals surface area (Å²) in [5.41, 5.74) is -6.36. The van der Waals surface area contributed by atoms with E-state index in [1.54, 1.807) is 0 Å². The zero-order valence-corrected chi connectivity index (χ0v) is 21.7. The lowest BCUT2D eigenvalue weighted by atomic mass is 9.91. The number of hydrogen-bond donors (Lipinski definition) is 3. The SMILES string of the molecule is O=C(Nc1ccnnc1)Nc1ccc(C(=O)N2CCN(Cc3ccc(C(O)(C(F)(F)F)C(F)(F)F)cc3)C(=O)C2)cc1F. The monoisotopic (exact) mass is 614 g/mol. The summed E-state index contributed by atoms with van der Waals surface area (Å²) in [4.78, 5) is 40.0. The number of urea groups is 1. The molecule has 0 aliphatic carbocycles. The number of aromatic nitrogens is 2. The first-order chi connectivity index (χ1) is 20.1. The zero-order valence-electron chi connectivity index (χ0n) is 21.7. The van der Waals surface area contributed by atoms with E-state index >= 15 is 0 Å². The molecule has 0 unspecified atom stereocenters. The number of anilines is 2. The molecule has 43 heavy (non-hydrogen) atoms. The topological polar surface area (TPSA) is 128 Å². The summed E-state index contributed by atoms with van der Waals surface area (Å²) < 4.78 is 93.3. The van der Waals surface area contributed by atoms with Crippen molar-refractivity contribution in [3.8, 4) is 0 Å². The Kier molecular flexibility index (Phi) is 8.57. The molecule has 1 saturated heterocycles. The Morgan fingerprint density at radius 3 is 2.14 bits per heavy atom. The molecule has 2 aromatic carbocycles. The van der Waals surface area contributed by atoms with Crippen molar-refractivity contribution in [2.75, 3.05) is 30.3 Å². The summed E-state index contributed by atoms with van der Waals surface area (Å²) in [5.74, 6) is -2.19. The summed E-state index contributed by atoms with van der Waals surface area (Å²) in [6.45, 7) is -0.658. The lowest BCUT2D eigenvalue weighted by Gasteiger charge is -2.35. The van der Waals surface area contributed by atoms with Gasteiger partial charge in [0.05, 0.1) is 23.8 Å². The highest BCUT2D eigenvalue weighted by atomic mass is 19.4. The number of nitrogens with zero attached hydrogens (tertiary/aromatic N) is 4. The molecule has 2 heterocycles. The van der Waals surface area contributed by atoms with Gasteiger partial charge in [-0.1, -0.05) is 24.3 Å². The molecule has 1 aliphatic rings. The van der Waals surface area contributed by atoms with Crippen molar-refractivity contribution < 1.29 is 50.2 Å². The van der Waals surface area contributed by atoms with Gasteiger partial charge in [0, 0.05) is 30.8 Å². The van der Waals surface area contributed by atoms with Crippen LogP contribution in [0.15, 0.2) is 60.9 Å². The van der Waals surface area contributed by atoms with E-state index in [-0.39, 0.29) is 36.4 Å². The molecule has 0 saturated carbocycles. The number of piperazine rings is 1. The van der Waals surface area contributed by atoms with Crippen LogP contribution in [0.1, 0.15) is 21.5 Å². The first-order valence-electron chi connectivity index (χ1n) is 12.3. The summed E-state index contributed by atoms with van der Waals surface area (Å²) in [6, 6.07) is 6.78. The van der Waals surface area contributed by atoms with Gasteiger partial charge in [-0.25, -0.2) is 9.18 Å². The molecule has 1 fully saturated rings. The molecule has 0 radical (unpaired) electrons. The normalized spacial score (nSPS) is 14.5. The van der Waals surface area contributed by atoms with Crippen LogP contribution in [-0.4, -0.2) is 74.9 Å². The van der Waals surface area contributed by atoms with Gasteiger partial charge in [0.15, 0.2) is 0 Å². The number of aliphatic hydroxyl groups is 1. The molecule has 228 valence electrons. The summed E-state index contributed by atoms with van der Waals surface area (Å²) >= 11 is 0. The van der Waals surface area contributed by atoms with Crippen molar-refractivity contribution in [3.63, 3.8) is 0 Å². The smallest absolute Gasteiger partial charge is 0.369 e. The number of carbonyl (C=O) groups excluding carboxylic acids is 3. The predicted octanol–water partition coefficient (Wildman–Crippen LogP) is 4.06. The van der Waals surface area contributed by atoms with E-state index in [1.165, 1.54) is 29.4 Å². The van der Waals surface area contributed by atoms with Crippen molar-refractivity contribution in [1.82, 2.24) is 20.0 Å². The van der Waals surface area contributed by atoms with Gasteiger partial charge in [-0.3, -0.25) is 9.59 Å². The molecular weight excluding hydrogens is 593 g/mol. The van der Waals surface area contributed by atoms with Crippen LogP contribution >= 0.6 is 0 Å². The van der Waals surface area contributed by atoms with Gasteiger partial charge in [0.2, 0.25) is 5.91 Å². The maximum absolute atomic E-state index is 14.6. The standard InChI is InChI=1S/C26H21F7N6O4/c27-19-11-16(3-6-20(19)37-23(42)36-18-7-8-34-35-12-18)22(41)39-10-9-38(21(40)14-39)13-15-1-4-17(5-2-15)24(43,25(28,29)30)26(31,32)33/h1-8,11-12,43H,9-10,13-14H2,(H2,34,36,37,42). The van der Waals surface area contributed by atoms with Crippen LogP contribution in [0.4, 0.5) is 46.9 Å². The average molecular weight is 614 g/mol. The molecule has 0 bridgehead atoms. The Bertz CT molecular complexity index is 1490. The van der Waals surface area contributed by atoms with E-state index in [1.807, 2.05) is 0 Å². The highest BCUT2D eigenvalue weighted by Gasteiger charge is 2.71. The second-order valence-corrected chi connectivity index (χ2v) is 9.35. The van der Waals surface area contributed by atoms with Crippen LogP contribution in [0.5, 0.6) is 0 Å². The molecule has 3 aromatic rings. The van der Waals surface area contributed by atoms with Gasteiger partial charge in [-0.05, 0) is 29.8 Å². The maximum atomic E-state index is 14.6. The Balaban J connectivity index is 1.36.